The normalized spacial score (nSPS) is 9.05. The minimum Gasteiger partial charge on any atom is -0.345 e. The van der Waals surface area contributed by atoms with Gasteiger partial charge in [-0.1, -0.05) is 17.9 Å². The lowest BCUT2D eigenvalue weighted by molar-refractivity contribution is -0.120. The highest BCUT2D eigenvalue weighted by atomic mass is 16.2. The summed E-state index contributed by atoms with van der Waals surface area (Å²) in [5.41, 5.74) is 1.57. The lowest BCUT2D eigenvalue weighted by Gasteiger charge is -2.00. The number of hydrogen-bond acceptors (Lipinski definition) is 2. The van der Waals surface area contributed by atoms with E-state index in [-0.39, 0.29) is 11.8 Å². The van der Waals surface area contributed by atoms with Crippen LogP contribution in [-0.4, -0.2) is 18.4 Å². The lowest BCUT2D eigenvalue weighted by Crippen LogP contribution is -2.22. The summed E-state index contributed by atoms with van der Waals surface area (Å²) in [4.78, 5) is 22.2. The predicted octanol–water partition coefficient (Wildman–Crippen LogP) is 2.08. The van der Waals surface area contributed by atoms with Gasteiger partial charge in [0.2, 0.25) is 11.8 Å². The smallest absolute Gasteiger partial charge is 0.221 e. The highest BCUT2D eigenvalue weighted by Gasteiger charge is 1.96. The summed E-state index contributed by atoms with van der Waals surface area (Å²) < 4.78 is 0. The molecule has 104 valence electrons. The summed E-state index contributed by atoms with van der Waals surface area (Å²) in [6, 6.07) is 7.21. The van der Waals surface area contributed by atoms with E-state index in [0.717, 1.165) is 11.3 Å². The Hall–Kier alpha value is -2.54. The molecule has 0 bridgehead atoms. The van der Waals surface area contributed by atoms with Crippen molar-refractivity contribution < 1.29 is 9.59 Å². The van der Waals surface area contributed by atoms with Crippen molar-refractivity contribution in [3.63, 3.8) is 0 Å². The summed E-state index contributed by atoms with van der Waals surface area (Å²) in [6.07, 6.45) is 2.82. The van der Waals surface area contributed by atoms with Gasteiger partial charge < -0.3 is 10.6 Å². The van der Waals surface area contributed by atoms with E-state index in [1.165, 1.54) is 6.92 Å². The Kier molecular flexibility index (Phi) is 6.63. The number of allylic oxidation sites excluding steroid dienone is 1. The van der Waals surface area contributed by atoms with Crippen molar-refractivity contribution in [3.8, 4) is 11.8 Å². The topological polar surface area (TPSA) is 58.2 Å². The van der Waals surface area contributed by atoms with Crippen LogP contribution in [0.2, 0.25) is 0 Å². The van der Waals surface area contributed by atoms with Gasteiger partial charge in [-0.25, -0.2) is 0 Å². The molecule has 0 aliphatic rings. The first-order valence-electron chi connectivity index (χ1n) is 6.36. The van der Waals surface area contributed by atoms with Gasteiger partial charge in [-0.2, -0.15) is 0 Å². The first-order valence-corrected chi connectivity index (χ1v) is 6.36. The van der Waals surface area contributed by atoms with E-state index >= 15 is 0 Å². The molecule has 2 N–H and O–H groups in total. The van der Waals surface area contributed by atoms with Gasteiger partial charge in [0.1, 0.15) is 0 Å². The predicted molar refractivity (Wildman–Crippen MR) is 80.1 cm³/mol. The van der Waals surface area contributed by atoms with Gasteiger partial charge in [0.25, 0.3) is 0 Å². The zero-order valence-corrected chi connectivity index (χ0v) is 11.5. The van der Waals surface area contributed by atoms with Crippen LogP contribution < -0.4 is 10.6 Å². The third-order valence-electron chi connectivity index (χ3n) is 2.39. The maximum Gasteiger partial charge on any atom is 0.221 e. The monoisotopic (exact) mass is 270 g/mol. The van der Waals surface area contributed by atoms with Crippen LogP contribution in [0.3, 0.4) is 0 Å². The van der Waals surface area contributed by atoms with E-state index in [2.05, 4.69) is 29.1 Å². The largest absolute Gasteiger partial charge is 0.345 e. The SMILES string of the molecule is C=CCCC(=O)NCC#Cc1ccc(NC(C)=O)cc1. The molecule has 4 nitrogen and oxygen atoms in total. The molecular weight excluding hydrogens is 252 g/mol. The minimum absolute atomic E-state index is 0.0276. The summed E-state index contributed by atoms with van der Waals surface area (Å²) >= 11 is 0. The fraction of sp³-hybridized carbons (Fsp3) is 0.250. The maximum atomic E-state index is 11.3. The molecular formula is C16H18N2O2. The van der Waals surface area contributed by atoms with Crippen molar-refractivity contribution in [3.05, 3.63) is 42.5 Å². The van der Waals surface area contributed by atoms with E-state index in [1.54, 1.807) is 18.2 Å². The van der Waals surface area contributed by atoms with Gasteiger partial charge in [0, 0.05) is 24.6 Å². The van der Waals surface area contributed by atoms with Crippen LogP contribution in [0.15, 0.2) is 36.9 Å². The van der Waals surface area contributed by atoms with Gasteiger partial charge in [-0.15, -0.1) is 6.58 Å². The number of anilines is 1. The van der Waals surface area contributed by atoms with Crippen molar-refractivity contribution >= 4 is 17.5 Å². The second kappa shape index (κ2) is 8.54. The quantitative estimate of drug-likeness (QED) is 0.635. The first kappa shape index (κ1) is 15.5. The Labute approximate surface area is 119 Å². The summed E-state index contributed by atoms with van der Waals surface area (Å²) in [5, 5.41) is 5.39. The second-order valence-electron chi connectivity index (χ2n) is 4.16. The molecule has 20 heavy (non-hydrogen) atoms. The fourth-order valence-corrected chi connectivity index (χ4v) is 1.45. The zero-order valence-electron chi connectivity index (χ0n) is 11.5. The van der Waals surface area contributed by atoms with Crippen LogP contribution in [0.4, 0.5) is 5.69 Å². The number of amides is 2. The Balaban J connectivity index is 2.41. The zero-order chi connectivity index (χ0) is 14.8. The number of nitrogens with one attached hydrogen (secondary N) is 2. The first-order chi connectivity index (χ1) is 9.61. The molecule has 0 saturated carbocycles. The molecule has 0 saturated heterocycles. The summed E-state index contributed by atoms with van der Waals surface area (Å²) in [5.74, 6) is 5.68. The Morgan fingerprint density at radius 1 is 1.30 bits per heavy atom. The summed E-state index contributed by atoms with van der Waals surface area (Å²) in [7, 11) is 0. The van der Waals surface area contributed by atoms with Gasteiger partial charge in [-0.05, 0) is 30.7 Å². The molecule has 0 radical (unpaired) electrons. The highest BCUT2D eigenvalue weighted by Crippen LogP contribution is 2.08. The van der Waals surface area contributed by atoms with Crippen LogP contribution in [0.5, 0.6) is 0 Å². The molecule has 0 fully saturated rings. The average Bonchev–Trinajstić information content (AvgIpc) is 2.42. The van der Waals surface area contributed by atoms with E-state index in [1.807, 2.05) is 12.1 Å². The molecule has 0 aromatic heterocycles. The maximum absolute atomic E-state index is 11.3. The van der Waals surface area contributed by atoms with Crippen molar-refractivity contribution in [2.24, 2.45) is 0 Å². The van der Waals surface area contributed by atoms with Gasteiger partial charge in [-0.3, -0.25) is 9.59 Å². The molecule has 1 aromatic carbocycles. The van der Waals surface area contributed by atoms with Gasteiger partial charge >= 0.3 is 0 Å². The fourth-order valence-electron chi connectivity index (χ4n) is 1.45. The molecule has 0 atom stereocenters. The molecule has 1 aromatic rings. The molecule has 0 aliphatic carbocycles. The standard InChI is InChI=1S/C16H18N2O2/c1-3-4-7-16(20)17-12-5-6-14-8-10-15(11-9-14)18-13(2)19/h3,8-11H,1,4,7,12H2,2H3,(H,17,20)(H,18,19). The van der Waals surface area contributed by atoms with Crippen LogP contribution in [-0.2, 0) is 9.59 Å². The number of hydrogen-bond donors (Lipinski definition) is 2. The van der Waals surface area contributed by atoms with Gasteiger partial charge in [0.05, 0.1) is 6.54 Å². The Morgan fingerprint density at radius 2 is 2.00 bits per heavy atom. The number of carbonyl (C=O) groups is 2. The molecule has 0 spiro atoms. The van der Waals surface area contributed by atoms with Gasteiger partial charge in [0.15, 0.2) is 0 Å². The number of carbonyl (C=O) groups excluding carboxylic acids is 2. The number of benzene rings is 1. The Morgan fingerprint density at radius 3 is 2.60 bits per heavy atom. The van der Waals surface area contributed by atoms with Crippen LogP contribution in [0.1, 0.15) is 25.3 Å². The highest BCUT2D eigenvalue weighted by molar-refractivity contribution is 5.88. The van der Waals surface area contributed by atoms with Crippen LogP contribution in [0.25, 0.3) is 0 Å². The van der Waals surface area contributed by atoms with Crippen molar-refractivity contribution in [1.29, 1.82) is 0 Å². The molecule has 2 amide bonds. The summed E-state index contributed by atoms with van der Waals surface area (Å²) in [6.45, 7) is 5.34. The van der Waals surface area contributed by atoms with E-state index in [4.69, 9.17) is 0 Å². The third-order valence-corrected chi connectivity index (χ3v) is 2.39. The third kappa shape index (κ3) is 6.41. The second-order valence-corrected chi connectivity index (χ2v) is 4.16. The lowest BCUT2D eigenvalue weighted by atomic mass is 10.2. The minimum atomic E-state index is -0.105. The Bertz CT molecular complexity index is 536. The van der Waals surface area contributed by atoms with Crippen molar-refractivity contribution in [2.75, 3.05) is 11.9 Å². The number of rotatable bonds is 5. The van der Waals surface area contributed by atoms with E-state index in [9.17, 15) is 9.59 Å². The molecule has 0 aliphatic heterocycles. The van der Waals surface area contributed by atoms with Crippen molar-refractivity contribution in [1.82, 2.24) is 5.32 Å². The molecule has 0 unspecified atom stereocenters. The average molecular weight is 270 g/mol. The van der Waals surface area contributed by atoms with Crippen LogP contribution >= 0.6 is 0 Å². The molecule has 4 heteroatoms. The van der Waals surface area contributed by atoms with Crippen LogP contribution in [0, 0.1) is 11.8 Å². The van der Waals surface area contributed by atoms with E-state index < -0.39 is 0 Å². The van der Waals surface area contributed by atoms with E-state index in [0.29, 0.717) is 19.4 Å². The van der Waals surface area contributed by atoms with Crippen molar-refractivity contribution in [2.45, 2.75) is 19.8 Å². The molecule has 1 rings (SSSR count). The molecule has 0 heterocycles.